The van der Waals surface area contributed by atoms with Crippen LogP contribution in [0.5, 0.6) is 0 Å². The molecule has 14 nitrogen and oxygen atoms in total. The van der Waals surface area contributed by atoms with E-state index in [1.165, 1.54) is 30.3 Å². The predicted molar refractivity (Wildman–Crippen MR) is 171 cm³/mol. The predicted octanol–water partition coefficient (Wildman–Crippen LogP) is 0.547. The van der Waals surface area contributed by atoms with Gasteiger partial charge in [-0.1, -0.05) is 16.8 Å². The number of anilines is 1. The van der Waals surface area contributed by atoms with Crippen LogP contribution in [0.15, 0.2) is 64.7 Å². The first kappa shape index (κ1) is 32.0. The van der Waals surface area contributed by atoms with Crippen molar-refractivity contribution in [1.82, 2.24) is 19.8 Å². The van der Waals surface area contributed by atoms with Crippen molar-refractivity contribution in [2.75, 3.05) is 18.6 Å². The van der Waals surface area contributed by atoms with Crippen molar-refractivity contribution in [3.63, 3.8) is 0 Å². The molecule has 18 heteroatoms. The summed E-state index contributed by atoms with van der Waals surface area (Å²) in [5.41, 5.74) is 12.4. The summed E-state index contributed by atoms with van der Waals surface area (Å²) in [6, 6.07) is 5.25. The maximum absolute atomic E-state index is 14.9. The lowest BCUT2D eigenvalue weighted by Gasteiger charge is -2.50. The summed E-state index contributed by atoms with van der Waals surface area (Å²) in [6.45, 7) is 0.201. The summed E-state index contributed by atoms with van der Waals surface area (Å²) in [5, 5.41) is 28.3. The molecule has 2 atom stereocenters. The lowest BCUT2D eigenvalue weighted by molar-refractivity contribution is -0.687. The zero-order valence-corrected chi connectivity index (χ0v) is 26.8. The Morgan fingerprint density at radius 1 is 1.36 bits per heavy atom. The molecule has 242 valence electrons. The molecule has 2 aliphatic heterocycles. The smallest absolute Gasteiger partial charge is 0.276 e. The Kier molecular flexibility index (Phi) is 8.61. The number of carbonyl (C=O) groups excluding carboxylic acids is 3. The van der Waals surface area contributed by atoms with Crippen molar-refractivity contribution in [1.29, 1.82) is 5.41 Å². The molecular formula is C29H25ClFN9O5S2. The van der Waals surface area contributed by atoms with Gasteiger partial charge in [0.25, 0.3) is 11.8 Å². The molecule has 6 rings (SSSR count). The molecule has 47 heavy (non-hydrogen) atoms. The van der Waals surface area contributed by atoms with Crippen LogP contribution in [0.1, 0.15) is 16.8 Å². The Hall–Kier alpha value is -5.00. The molecule has 1 aromatic carbocycles. The summed E-state index contributed by atoms with van der Waals surface area (Å²) in [4.78, 5) is 48.6. The Morgan fingerprint density at radius 3 is 2.81 bits per heavy atom. The third-order valence-electron chi connectivity index (χ3n) is 7.62. The highest BCUT2D eigenvalue weighted by Crippen LogP contribution is 2.40. The second-order valence-corrected chi connectivity index (χ2v) is 12.9. The first-order valence-electron chi connectivity index (χ1n) is 13.8. The number of amides is 2. The SMILES string of the molecule is CON=C(C(=O)N[C@@H]1C(=O)N2C(C(=O)[O-])=C(C[n+]3ccc4ccn(Cc5c(F)cc(C(=N)N)cc5Cl)c4c3)CS[C@H]12)c1csc(N)n1. The normalized spacial score (nSPS) is 17.8. The molecule has 1 fully saturated rings. The molecule has 0 aliphatic carbocycles. The topological polar surface area (TPSA) is 209 Å². The second-order valence-electron chi connectivity index (χ2n) is 10.5. The summed E-state index contributed by atoms with van der Waals surface area (Å²) in [5.74, 6) is -3.54. The van der Waals surface area contributed by atoms with Crippen molar-refractivity contribution < 1.29 is 33.3 Å². The van der Waals surface area contributed by atoms with Gasteiger partial charge in [0.1, 0.15) is 41.4 Å². The number of amidine groups is 1. The molecule has 1 saturated heterocycles. The number of hydrogen-bond donors (Lipinski definition) is 4. The van der Waals surface area contributed by atoms with Gasteiger partial charge in [0.2, 0.25) is 0 Å². The standard InChI is InChI=1S/C29H25ClFN9O5S2/c1-45-37-21(19-12-47-29(34)35-19)25(41)36-22-26(42)40-23(28(43)44)15(11-46-27(22)40)8-38-4-2-13-3-5-39(20(13)10-38)9-16-17(30)6-14(24(32)33)7-18(16)31/h2-7,10,12,22,27H,8-9,11H2,1H3,(H6-,32,33,34,35,36,41,43,44)/t22-,27-/m1/s1. The quantitative estimate of drug-likeness (QED) is 0.0599. The van der Waals surface area contributed by atoms with E-state index >= 15 is 0 Å². The highest BCUT2D eigenvalue weighted by Gasteiger charge is 2.53. The highest BCUT2D eigenvalue weighted by molar-refractivity contribution is 8.00. The van der Waals surface area contributed by atoms with Crippen LogP contribution in [-0.4, -0.2) is 68.1 Å². The number of thioether (sulfide) groups is 1. The third kappa shape index (κ3) is 5.99. The van der Waals surface area contributed by atoms with Crippen LogP contribution in [0.3, 0.4) is 0 Å². The maximum atomic E-state index is 14.9. The number of aromatic nitrogens is 3. The number of nitrogens with one attached hydrogen (secondary N) is 2. The van der Waals surface area contributed by atoms with Crippen molar-refractivity contribution in [3.8, 4) is 0 Å². The van der Waals surface area contributed by atoms with E-state index in [4.69, 9.17) is 33.3 Å². The Morgan fingerprint density at radius 2 is 2.15 bits per heavy atom. The van der Waals surface area contributed by atoms with Gasteiger partial charge in [-0.25, -0.2) is 9.37 Å². The third-order valence-corrected chi connectivity index (χ3v) is 9.97. The fourth-order valence-electron chi connectivity index (χ4n) is 5.40. The lowest BCUT2D eigenvalue weighted by atomic mass is 10.0. The molecule has 3 aromatic heterocycles. The molecule has 4 aromatic rings. The zero-order chi connectivity index (χ0) is 33.6. The summed E-state index contributed by atoms with van der Waals surface area (Å²) in [6.07, 6.45) is 5.32. The Bertz CT molecular complexity index is 2020. The van der Waals surface area contributed by atoms with E-state index in [1.54, 1.807) is 27.7 Å². The Labute approximate surface area is 278 Å². The van der Waals surface area contributed by atoms with E-state index in [0.717, 1.165) is 27.7 Å². The minimum atomic E-state index is -1.52. The number of oxime groups is 1. The monoisotopic (exact) mass is 697 g/mol. The maximum Gasteiger partial charge on any atom is 0.276 e. The highest BCUT2D eigenvalue weighted by atomic mass is 35.5. The number of β-lactam (4-membered cyclic amide) rings is 1. The molecule has 5 heterocycles. The van der Waals surface area contributed by atoms with Gasteiger partial charge in [0.15, 0.2) is 29.8 Å². The lowest BCUT2D eigenvalue weighted by Crippen LogP contribution is -2.71. The van der Waals surface area contributed by atoms with E-state index in [9.17, 15) is 23.9 Å². The van der Waals surface area contributed by atoms with Crippen molar-refractivity contribution in [2.45, 2.75) is 24.5 Å². The number of benzene rings is 1. The zero-order valence-electron chi connectivity index (χ0n) is 24.4. The number of fused-ring (bicyclic) bond motifs is 2. The van der Waals surface area contributed by atoms with Gasteiger partial charge in [0, 0.05) is 50.5 Å². The summed E-state index contributed by atoms with van der Waals surface area (Å²) >= 11 is 8.73. The number of halogens is 2. The average molecular weight is 698 g/mol. The number of nitrogens with two attached hydrogens (primary N) is 2. The first-order chi connectivity index (χ1) is 22.5. The minimum Gasteiger partial charge on any atom is -0.543 e. The second kappa shape index (κ2) is 12.7. The average Bonchev–Trinajstić information content (AvgIpc) is 3.65. The summed E-state index contributed by atoms with van der Waals surface area (Å²) in [7, 11) is 1.26. The number of nitrogen functional groups attached to an aromatic ring is 2. The van der Waals surface area contributed by atoms with Crippen LogP contribution in [-0.2, 0) is 32.3 Å². The van der Waals surface area contributed by atoms with E-state index in [1.807, 2.05) is 12.1 Å². The number of pyridine rings is 1. The number of carboxylic acids is 1. The van der Waals surface area contributed by atoms with Gasteiger partial charge in [-0.15, -0.1) is 23.1 Å². The number of hydrogen-bond acceptors (Lipinski definition) is 11. The summed E-state index contributed by atoms with van der Waals surface area (Å²) < 4.78 is 18.5. The van der Waals surface area contributed by atoms with Crippen LogP contribution in [0.4, 0.5) is 9.52 Å². The van der Waals surface area contributed by atoms with Crippen LogP contribution in [0.2, 0.25) is 5.02 Å². The van der Waals surface area contributed by atoms with E-state index in [2.05, 4.69) is 15.5 Å². The van der Waals surface area contributed by atoms with Crippen LogP contribution in [0, 0.1) is 11.2 Å². The van der Waals surface area contributed by atoms with E-state index in [-0.39, 0.29) is 63.1 Å². The number of carboxylic acid groups (broad SMARTS) is 1. The van der Waals surface area contributed by atoms with E-state index < -0.39 is 35.0 Å². The van der Waals surface area contributed by atoms with Crippen LogP contribution in [0.25, 0.3) is 10.9 Å². The van der Waals surface area contributed by atoms with Gasteiger partial charge < -0.3 is 36.1 Å². The largest absolute Gasteiger partial charge is 0.543 e. The fraction of sp³-hybridized carbons (Fsp3) is 0.207. The van der Waals surface area contributed by atoms with Gasteiger partial charge in [0.05, 0.1) is 18.2 Å². The number of carbonyl (C=O) groups is 3. The number of thiazole rings is 1. The van der Waals surface area contributed by atoms with Gasteiger partial charge in [-0.3, -0.25) is 19.9 Å². The van der Waals surface area contributed by atoms with Crippen LogP contribution >= 0.6 is 34.7 Å². The van der Waals surface area contributed by atoms with E-state index in [0.29, 0.717) is 11.1 Å². The van der Waals surface area contributed by atoms with Crippen molar-refractivity contribution >= 4 is 80.1 Å². The molecule has 0 radical (unpaired) electrons. The molecule has 2 aliphatic rings. The molecule has 2 amide bonds. The van der Waals surface area contributed by atoms with Gasteiger partial charge in [-0.2, -0.15) is 4.57 Å². The van der Waals surface area contributed by atoms with Crippen molar-refractivity contribution in [3.05, 3.63) is 87.2 Å². The van der Waals surface area contributed by atoms with Crippen LogP contribution < -0.4 is 26.5 Å². The molecule has 0 unspecified atom stereocenters. The van der Waals surface area contributed by atoms with Gasteiger partial charge >= 0.3 is 0 Å². The van der Waals surface area contributed by atoms with Crippen molar-refractivity contribution in [2.24, 2.45) is 10.9 Å². The molecule has 0 saturated carbocycles. The number of nitrogens with zero attached hydrogens (tertiary/aromatic N) is 5. The molecule has 0 spiro atoms. The first-order valence-corrected chi connectivity index (χ1v) is 16.1. The fourth-order valence-corrected chi connectivity index (χ4v) is 7.55. The minimum absolute atomic E-state index is 0.0862. The molecule has 0 bridgehead atoms. The Balaban J connectivity index is 1.22. The van der Waals surface area contributed by atoms with Gasteiger partial charge in [-0.05, 0) is 18.2 Å². The molecule has 6 N–H and O–H groups in total. The molecular weight excluding hydrogens is 673 g/mol. The number of rotatable bonds is 10. The number of aliphatic carboxylic acids is 1.